The number of rotatable bonds is 6. The van der Waals surface area contributed by atoms with Gasteiger partial charge in [0, 0.05) is 30.4 Å². The first kappa shape index (κ1) is 17.5. The molecule has 3 aromatic rings. The third-order valence-electron chi connectivity index (χ3n) is 4.21. The summed E-state index contributed by atoms with van der Waals surface area (Å²) in [5, 5.41) is 16.6. The molecule has 3 N–H and O–H groups in total. The quantitative estimate of drug-likeness (QED) is 0.638. The number of H-pyrrole nitrogens is 1. The zero-order valence-electron chi connectivity index (χ0n) is 14.8. The van der Waals surface area contributed by atoms with E-state index in [4.69, 9.17) is 0 Å². The van der Waals surface area contributed by atoms with Crippen molar-refractivity contribution in [3.63, 3.8) is 0 Å². The normalized spacial score (nSPS) is 11.7. The molecule has 26 heavy (non-hydrogen) atoms. The molecule has 1 atom stereocenters. The molecule has 0 aliphatic heterocycles. The van der Waals surface area contributed by atoms with Gasteiger partial charge in [-0.2, -0.15) is 5.26 Å². The monoisotopic (exact) mass is 347 g/mol. The number of anilines is 1. The minimum Gasteiger partial charge on any atom is -0.383 e. The molecule has 1 aromatic carbocycles. The third-order valence-corrected chi connectivity index (χ3v) is 4.21. The molecular weight excluding hydrogens is 326 g/mol. The van der Waals surface area contributed by atoms with E-state index in [0.29, 0.717) is 24.3 Å². The molecule has 0 bridgehead atoms. The Bertz CT molecular complexity index is 970. The number of nitrogens with one attached hydrogen (secondary N) is 3. The maximum atomic E-state index is 12.1. The lowest BCUT2D eigenvalue weighted by Crippen LogP contribution is -2.31. The smallest absolute Gasteiger partial charge is 0.267 e. The van der Waals surface area contributed by atoms with Crippen LogP contribution in [0, 0.1) is 24.2 Å². The first-order valence-electron chi connectivity index (χ1n) is 8.54. The molecule has 1 amide bonds. The van der Waals surface area contributed by atoms with Crippen molar-refractivity contribution in [2.45, 2.75) is 13.8 Å². The number of benzene rings is 1. The summed E-state index contributed by atoms with van der Waals surface area (Å²) < 4.78 is 0. The number of carbonyl (C=O) groups is 1. The number of fused-ring (bicyclic) bond motifs is 1. The largest absolute Gasteiger partial charge is 0.383 e. The van der Waals surface area contributed by atoms with E-state index < -0.39 is 0 Å². The molecule has 132 valence electrons. The average Bonchev–Trinajstić information content (AvgIpc) is 3.10. The summed E-state index contributed by atoms with van der Waals surface area (Å²) in [5.41, 5.74) is 3.67. The number of aryl methyl sites for hydroxylation is 1. The van der Waals surface area contributed by atoms with Crippen LogP contribution < -0.4 is 10.6 Å². The second-order valence-corrected chi connectivity index (χ2v) is 6.43. The fourth-order valence-electron chi connectivity index (χ4n) is 2.76. The van der Waals surface area contributed by atoms with Crippen molar-refractivity contribution >= 4 is 22.5 Å². The molecule has 6 heteroatoms. The number of aromatic amines is 1. The van der Waals surface area contributed by atoms with Crippen molar-refractivity contribution in [1.29, 1.82) is 5.26 Å². The molecule has 6 nitrogen and oxygen atoms in total. The van der Waals surface area contributed by atoms with Gasteiger partial charge in [-0.25, -0.2) is 0 Å². The second kappa shape index (κ2) is 7.70. The van der Waals surface area contributed by atoms with E-state index in [0.717, 1.165) is 22.3 Å². The summed E-state index contributed by atoms with van der Waals surface area (Å²) in [5.74, 6) is 0.0745. The molecule has 0 fully saturated rings. The Morgan fingerprint density at radius 2 is 2.08 bits per heavy atom. The highest BCUT2D eigenvalue weighted by molar-refractivity contribution is 5.94. The van der Waals surface area contributed by atoms with Gasteiger partial charge in [0.05, 0.1) is 16.8 Å². The molecule has 0 aliphatic carbocycles. The molecule has 2 heterocycles. The summed E-state index contributed by atoms with van der Waals surface area (Å²) in [6.07, 6.45) is 1.59. The summed E-state index contributed by atoms with van der Waals surface area (Å²) in [6, 6.07) is 13.6. The first-order valence-corrected chi connectivity index (χ1v) is 8.54. The van der Waals surface area contributed by atoms with Crippen LogP contribution in [-0.2, 0) is 0 Å². The van der Waals surface area contributed by atoms with Crippen molar-refractivity contribution in [1.82, 2.24) is 15.3 Å². The van der Waals surface area contributed by atoms with Gasteiger partial charge in [-0.3, -0.25) is 9.78 Å². The Morgan fingerprint density at radius 3 is 2.81 bits per heavy atom. The minimum atomic E-state index is -0.114. The topological polar surface area (TPSA) is 93.6 Å². The molecule has 0 saturated carbocycles. The number of nitriles is 1. The Morgan fingerprint density at radius 1 is 1.27 bits per heavy atom. The molecule has 0 saturated heterocycles. The van der Waals surface area contributed by atoms with Crippen molar-refractivity contribution < 1.29 is 4.79 Å². The van der Waals surface area contributed by atoms with Gasteiger partial charge in [-0.05, 0) is 31.0 Å². The van der Waals surface area contributed by atoms with E-state index in [1.165, 1.54) is 0 Å². The zero-order valence-corrected chi connectivity index (χ0v) is 14.8. The van der Waals surface area contributed by atoms with Crippen molar-refractivity contribution in [3.8, 4) is 6.07 Å². The van der Waals surface area contributed by atoms with Crippen molar-refractivity contribution in [3.05, 3.63) is 59.5 Å². The lowest BCUT2D eigenvalue weighted by atomic mass is 10.1. The molecule has 2 aromatic heterocycles. The van der Waals surface area contributed by atoms with Gasteiger partial charge < -0.3 is 15.6 Å². The van der Waals surface area contributed by atoms with Crippen molar-refractivity contribution in [2.24, 2.45) is 5.92 Å². The molecule has 0 spiro atoms. The van der Waals surface area contributed by atoms with Crippen LogP contribution in [-0.4, -0.2) is 29.0 Å². The zero-order chi connectivity index (χ0) is 18.5. The van der Waals surface area contributed by atoms with Gasteiger partial charge in [-0.1, -0.05) is 25.1 Å². The Hall–Kier alpha value is -3.33. The highest BCUT2D eigenvalue weighted by Gasteiger charge is 2.12. The number of amides is 1. The number of hydrogen-bond acceptors (Lipinski definition) is 4. The first-order chi connectivity index (χ1) is 12.6. The van der Waals surface area contributed by atoms with E-state index in [9.17, 15) is 10.1 Å². The number of carbonyl (C=O) groups excluding carboxylic acids is 1. The minimum absolute atomic E-state index is 0.114. The number of nitrogens with zero attached hydrogens (tertiary/aromatic N) is 2. The van der Waals surface area contributed by atoms with Crippen LogP contribution in [0.1, 0.15) is 28.7 Å². The van der Waals surface area contributed by atoms with E-state index in [1.54, 1.807) is 12.3 Å². The van der Waals surface area contributed by atoms with Crippen molar-refractivity contribution in [2.75, 3.05) is 18.4 Å². The van der Waals surface area contributed by atoms with Gasteiger partial charge in [0.2, 0.25) is 0 Å². The lowest BCUT2D eigenvalue weighted by Gasteiger charge is -2.16. The van der Waals surface area contributed by atoms with Gasteiger partial charge in [0.25, 0.3) is 5.91 Å². The van der Waals surface area contributed by atoms with Gasteiger partial charge in [-0.15, -0.1) is 0 Å². The second-order valence-electron chi connectivity index (χ2n) is 6.43. The molecule has 0 radical (unpaired) electrons. The van der Waals surface area contributed by atoms with E-state index >= 15 is 0 Å². The van der Waals surface area contributed by atoms with Crippen LogP contribution in [0.4, 0.5) is 5.69 Å². The molecule has 3 rings (SSSR count). The molecule has 1 unspecified atom stereocenters. The standard InChI is InChI=1S/C20H21N5O/c1-13(11-24-20(26)18-8-7-14(2)25-18)10-23-19-15(9-21)12-22-17-6-4-3-5-16(17)19/h3-8,12-13,25H,10-11H2,1-2H3,(H,22,23)(H,24,26). The summed E-state index contributed by atoms with van der Waals surface area (Å²) >= 11 is 0. The number of aromatic nitrogens is 2. The Kier molecular flexibility index (Phi) is 5.18. The number of hydrogen-bond donors (Lipinski definition) is 3. The van der Waals surface area contributed by atoms with Crippen LogP contribution in [0.2, 0.25) is 0 Å². The van der Waals surface area contributed by atoms with Crippen LogP contribution in [0.3, 0.4) is 0 Å². The lowest BCUT2D eigenvalue weighted by molar-refractivity contribution is 0.0944. The van der Waals surface area contributed by atoms with Crippen LogP contribution in [0.25, 0.3) is 10.9 Å². The highest BCUT2D eigenvalue weighted by atomic mass is 16.1. The SMILES string of the molecule is Cc1ccc(C(=O)NCC(C)CNc2c(C#N)cnc3ccccc23)[nH]1. The fourth-order valence-corrected chi connectivity index (χ4v) is 2.76. The maximum Gasteiger partial charge on any atom is 0.267 e. The Balaban J connectivity index is 1.63. The maximum absolute atomic E-state index is 12.1. The predicted octanol–water partition coefficient (Wildman–Crippen LogP) is 3.22. The molecular formula is C20H21N5O. The van der Waals surface area contributed by atoms with Crippen LogP contribution in [0.5, 0.6) is 0 Å². The average molecular weight is 347 g/mol. The predicted molar refractivity (Wildman–Crippen MR) is 102 cm³/mol. The number of para-hydroxylation sites is 1. The van der Waals surface area contributed by atoms with E-state index in [-0.39, 0.29) is 11.8 Å². The summed E-state index contributed by atoms with van der Waals surface area (Å²) in [4.78, 5) is 19.4. The number of pyridine rings is 1. The van der Waals surface area contributed by atoms with E-state index in [2.05, 4.69) is 26.7 Å². The third kappa shape index (κ3) is 3.83. The molecule has 0 aliphatic rings. The van der Waals surface area contributed by atoms with Gasteiger partial charge >= 0.3 is 0 Å². The fraction of sp³-hybridized carbons (Fsp3) is 0.250. The van der Waals surface area contributed by atoms with E-state index in [1.807, 2.05) is 44.2 Å². The van der Waals surface area contributed by atoms with Gasteiger partial charge in [0.15, 0.2) is 0 Å². The highest BCUT2D eigenvalue weighted by Crippen LogP contribution is 2.25. The van der Waals surface area contributed by atoms with Gasteiger partial charge in [0.1, 0.15) is 11.8 Å². The summed E-state index contributed by atoms with van der Waals surface area (Å²) in [7, 11) is 0. The van der Waals surface area contributed by atoms with Crippen LogP contribution >= 0.6 is 0 Å². The van der Waals surface area contributed by atoms with Crippen LogP contribution in [0.15, 0.2) is 42.6 Å². The summed E-state index contributed by atoms with van der Waals surface area (Å²) in [6.45, 7) is 5.12. The Labute approximate surface area is 152 Å².